The van der Waals surface area contributed by atoms with Crippen LogP contribution in [0.2, 0.25) is 0 Å². The number of nitrogens with one attached hydrogen (secondary N) is 1. The second-order valence-corrected chi connectivity index (χ2v) is 5.43. The van der Waals surface area contributed by atoms with E-state index in [-0.39, 0.29) is 0 Å². The summed E-state index contributed by atoms with van der Waals surface area (Å²) >= 11 is 2.05. The molecule has 0 aliphatic heterocycles. The summed E-state index contributed by atoms with van der Waals surface area (Å²) < 4.78 is 0. The van der Waals surface area contributed by atoms with Gasteiger partial charge >= 0.3 is 0 Å². The molecule has 1 aromatic carbocycles. The quantitative estimate of drug-likeness (QED) is 0.700. The fourth-order valence-corrected chi connectivity index (χ4v) is 2.90. The van der Waals surface area contributed by atoms with Crippen molar-refractivity contribution in [1.82, 2.24) is 5.32 Å². The average Bonchev–Trinajstić information content (AvgIpc) is 2.38. The van der Waals surface area contributed by atoms with E-state index in [4.69, 9.17) is 0 Å². The molecular weight excluding hydrogens is 226 g/mol. The lowest BCUT2D eigenvalue weighted by Crippen LogP contribution is -2.23. The molecule has 96 valence electrons. The molecule has 0 saturated heterocycles. The Morgan fingerprint density at radius 2 is 2.06 bits per heavy atom. The van der Waals surface area contributed by atoms with Gasteiger partial charge in [-0.2, -0.15) is 11.8 Å². The van der Waals surface area contributed by atoms with E-state index >= 15 is 0 Å². The van der Waals surface area contributed by atoms with Gasteiger partial charge in [-0.25, -0.2) is 0 Å². The molecule has 0 bridgehead atoms. The van der Waals surface area contributed by atoms with Gasteiger partial charge in [-0.1, -0.05) is 45.0 Å². The van der Waals surface area contributed by atoms with Crippen molar-refractivity contribution in [1.29, 1.82) is 0 Å². The number of thioether (sulfide) groups is 1. The molecule has 0 fully saturated rings. The first kappa shape index (κ1) is 14.6. The molecule has 1 atom stereocenters. The minimum absolute atomic E-state index is 0.503. The molecule has 1 N–H and O–H groups in total. The lowest BCUT2D eigenvalue weighted by atomic mass is 10.0. The van der Waals surface area contributed by atoms with Crippen LogP contribution in [0, 0.1) is 0 Å². The van der Waals surface area contributed by atoms with Crippen LogP contribution in [0.5, 0.6) is 0 Å². The fraction of sp³-hybridized carbons (Fsp3) is 0.600. The minimum Gasteiger partial charge on any atom is -0.310 e. The highest BCUT2D eigenvalue weighted by atomic mass is 32.2. The molecule has 0 radical (unpaired) electrons. The van der Waals surface area contributed by atoms with E-state index in [1.165, 1.54) is 29.1 Å². The monoisotopic (exact) mass is 251 g/mol. The molecule has 1 unspecified atom stereocenters. The molecule has 2 heteroatoms. The summed E-state index contributed by atoms with van der Waals surface area (Å²) in [5.41, 5.74) is 2.88. The summed E-state index contributed by atoms with van der Waals surface area (Å²) in [5.74, 6) is 2.43. The zero-order chi connectivity index (χ0) is 12.5. The van der Waals surface area contributed by atoms with E-state index in [1.54, 1.807) is 0 Å². The third-order valence-corrected chi connectivity index (χ3v) is 4.11. The van der Waals surface area contributed by atoms with Crippen molar-refractivity contribution in [2.75, 3.05) is 18.1 Å². The molecule has 0 aromatic heterocycles. The maximum Gasteiger partial charge on any atom is 0.0411 e. The lowest BCUT2D eigenvalue weighted by molar-refractivity contribution is 0.605. The van der Waals surface area contributed by atoms with E-state index in [0.717, 1.165) is 13.0 Å². The van der Waals surface area contributed by atoms with Crippen molar-refractivity contribution < 1.29 is 0 Å². The van der Waals surface area contributed by atoms with Crippen LogP contribution in [0.15, 0.2) is 24.3 Å². The summed E-state index contributed by atoms with van der Waals surface area (Å²) in [7, 11) is 0. The molecule has 17 heavy (non-hydrogen) atoms. The standard InChI is InChI=1S/C15H25NS/c1-4-10-17-12-15(16-6-3)14-9-7-8-13(5-2)11-14/h7-9,11,15-16H,4-6,10,12H2,1-3H3. The van der Waals surface area contributed by atoms with Crippen molar-refractivity contribution in [3.63, 3.8) is 0 Å². The predicted octanol–water partition coefficient (Wildman–Crippen LogP) is 4.04. The highest BCUT2D eigenvalue weighted by molar-refractivity contribution is 7.99. The number of hydrogen-bond donors (Lipinski definition) is 1. The van der Waals surface area contributed by atoms with Crippen LogP contribution in [0.25, 0.3) is 0 Å². The van der Waals surface area contributed by atoms with Gasteiger partial charge < -0.3 is 5.32 Å². The smallest absolute Gasteiger partial charge is 0.0411 e. The van der Waals surface area contributed by atoms with Crippen molar-refractivity contribution >= 4 is 11.8 Å². The Bertz CT molecular complexity index is 312. The highest BCUT2D eigenvalue weighted by Gasteiger charge is 2.10. The Kier molecular flexibility index (Phi) is 7.38. The van der Waals surface area contributed by atoms with Crippen LogP contribution in [0.1, 0.15) is 44.4 Å². The van der Waals surface area contributed by atoms with E-state index in [0.29, 0.717) is 6.04 Å². The maximum atomic E-state index is 3.59. The number of benzene rings is 1. The third-order valence-electron chi connectivity index (χ3n) is 2.85. The molecule has 0 saturated carbocycles. The third kappa shape index (κ3) is 5.13. The Balaban J connectivity index is 2.66. The summed E-state index contributed by atoms with van der Waals surface area (Å²) in [5, 5.41) is 3.59. The number of rotatable bonds is 8. The van der Waals surface area contributed by atoms with E-state index in [1.807, 2.05) is 11.8 Å². The summed E-state index contributed by atoms with van der Waals surface area (Å²) in [4.78, 5) is 0. The van der Waals surface area contributed by atoms with Gasteiger partial charge in [-0.05, 0) is 36.3 Å². The first-order valence-corrected chi connectivity index (χ1v) is 7.87. The van der Waals surface area contributed by atoms with Crippen molar-refractivity contribution in [2.45, 2.75) is 39.7 Å². The lowest BCUT2D eigenvalue weighted by Gasteiger charge is -2.18. The maximum absolute atomic E-state index is 3.59. The van der Waals surface area contributed by atoms with Gasteiger partial charge in [0, 0.05) is 11.8 Å². The van der Waals surface area contributed by atoms with Crippen molar-refractivity contribution in [3.05, 3.63) is 35.4 Å². The zero-order valence-corrected chi connectivity index (χ0v) is 12.1. The number of hydrogen-bond acceptors (Lipinski definition) is 2. The van der Waals surface area contributed by atoms with Gasteiger partial charge in [0.25, 0.3) is 0 Å². The summed E-state index contributed by atoms with van der Waals surface area (Å²) in [6.07, 6.45) is 2.38. The van der Waals surface area contributed by atoms with Crippen LogP contribution >= 0.6 is 11.8 Å². The Morgan fingerprint density at radius 1 is 1.24 bits per heavy atom. The Labute approximate surface area is 110 Å². The first-order chi connectivity index (χ1) is 8.31. The van der Waals surface area contributed by atoms with Gasteiger partial charge in [0.1, 0.15) is 0 Å². The summed E-state index contributed by atoms with van der Waals surface area (Å²) in [6.45, 7) is 7.68. The second-order valence-electron chi connectivity index (χ2n) is 4.28. The zero-order valence-electron chi connectivity index (χ0n) is 11.3. The Morgan fingerprint density at radius 3 is 2.71 bits per heavy atom. The molecule has 1 nitrogen and oxygen atoms in total. The van der Waals surface area contributed by atoms with Gasteiger partial charge in [0.05, 0.1) is 0 Å². The van der Waals surface area contributed by atoms with Gasteiger partial charge in [0.15, 0.2) is 0 Å². The van der Waals surface area contributed by atoms with Gasteiger partial charge in [-0.15, -0.1) is 0 Å². The predicted molar refractivity (Wildman–Crippen MR) is 79.9 cm³/mol. The summed E-state index contributed by atoms with van der Waals surface area (Å²) in [6, 6.07) is 9.50. The minimum atomic E-state index is 0.503. The van der Waals surface area contributed by atoms with Gasteiger partial charge in [0.2, 0.25) is 0 Å². The molecule has 0 spiro atoms. The first-order valence-electron chi connectivity index (χ1n) is 6.71. The average molecular weight is 251 g/mol. The largest absolute Gasteiger partial charge is 0.310 e. The SMILES string of the molecule is CCCSCC(NCC)c1cccc(CC)c1. The van der Waals surface area contributed by atoms with Crippen molar-refractivity contribution in [3.8, 4) is 0 Å². The molecule has 1 rings (SSSR count). The van der Waals surface area contributed by atoms with Crippen LogP contribution in [-0.2, 0) is 6.42 Å². The van der Waals surface area contributed by atoms with Gasteiger partial charge in [-0.3, -0.25) is 0 Å². The highest BCUT2D eigenvalue weighted by Crippen LogP contribution is 2.20. The molecular formula is C15H25NS. The van der Waals surface area contributed by atoms with Crippen LogP contribution in [0.3, 0.4) is 0 Å². The molecule has 0 heterocycles. The molecule has 1 aromatic rings. The normalized spacial score (nSPS) is 12.6. The fourth-order valence-electron chi connectivity index (χ4n) is 1.89. The van der Waals surface area contributed by atoms with E-state index in [9.17, 15) is 0 Å². The van der Waals surface area contributed by atoms with Crippen LogP contribution in [-0.4, -0.2) is 18.1 Å². The van der Waals surface area contributed by atoms with Crippen LogP contribution in [0.4, 0.5) is 0 Å². The molecule has 0 amide bonds. The van der Waals surface area contributed by atoms with E-state index < -0.39 is 0 Å². The number of aryl methyl sites for hydroxylation is 1. The van der Waals surface area contributed by atoms with E-state index in [2.05, 4.69) is 50.4 Å². The topological polar surface area (TPSA) is 12.0 Å². The molecule has 0 aliphatic rings. The van der Waals surface area contributed by atoms with Crippen molar-refractivity contribution in [2.24, 2.45) is 0 Å². The molecule has 0 aliphatic carbocycles. The van der Waals surface area contributed by atoms with Crippen LogP contribution < -0.4 is 5.32 Å². The second kappa shape index (κ2) is 8.60. The Hall–Kier alpha value is -0.470.